The number of unbranched alkanes of at least 4 members (excludes halogenated alkanes) is 30. The van der Waals surface area contributed by atoms with Gasteiger partial charge in [-0.2, -0.15) is 0 Å². The zero-order valence-corrected chi connectivity index (χ0v) is 41.3. The Kier molecular flexibility index (Phi) is 44.2. The van der Waals surface area contributed by atoms with Crippen LogP contribution in [0.1, 0.15) is 292 Å². The van der Waals surface area contributed by atoms with Crippen LogP contribution in [0.4, 0.5) is 0 Å². The van der Waals surface area contributed by atoms with Gasteiger partial charge in [0.1, 0.15) is 13.2 Å². The summed E-state index contributed by atoms with van der Waals surface area (Å²) < 4.78 is 16.8. The predicted molar refractivity (Wildman–Crippen MR) is 256 cm³/mol. The van der Waals surface area contributed by atoms with Gasteiger partial charge in [-0.25, -0.2) is 0 Å². The van der Waals surface area contributed by atoms with Crippen LogP contribution in [0.15, 0.2) is 0 Å². The van der Waals surface area contributed by atoms with Crippen LogP contribution in [-0.2, 0) is 28.6 Å². The third kappa shape index (κ3) is 47.5. The van der Waals surface area contributed by atoms with Crippen molar-refractivity contribution in [1.82, 2.24) is 0 Å². The number of rotatable bonds is 47. The van der Waals surface area contributed by atoms with Gasteiger partial charge in [0.25, 0.3) is 0 Å². The Morgan fingerprint density at radius 1 is 0.283 bits per heavy atom. The van der Waals surface area contributed by atoms with Crippen molar-refractivity contribution in [3.8, 4) is 0 Å². The van der Waals surface area contributed by atoms with Crippen LogP contribution < -0.4 is 0 Å². The molecule has 0 aliphatic carbocycles. The molecule has 0 amide bonds. The fraction of sp³-hybridized carbons (Fsp3) is 0.944. The first kappa shape index (κ1) is 58.4. The molecule has 356 valence electrons. The Labute approximate surface area is 374 Å². The molecule has 0 N–H and O–H groups in total. The molecule has 6 nitrogen and oxygen atoms in total. The average Bonchev–Trinajstić information content (AvgIpc) is 3.20. The topological polar surface area (TPSA) is 78.9 Å². The lowest BCUT2D eigenvalue weighted by Gasteiger charge is -2.18. The molecule has 0 aliphatic rings. The van der Waals surface area contributed by atoms with Gasteiger partial charge in [0.2, 0.25) is 0 Å². The first-order valence-corrected chi connectivity index (χ1v) is 26.6. The highest BCUT2D eigenvalue weighted by atomic mass is 16.6. The van der Waals surface area contributed by atoms with E-state index in [1.54, 1.807) is 0 Å². The van der Waals surface area contributed by atoms with Gasteiger partial charge in [-0.1, -0.05) is 253 Å². The maximum Gasteiger partial charge on any atom is 0.306 e. The number of hydrogen-bond donors (Lipinski definition) is 0. The molecular weight excluding hydrogens is 745 g/mol. The maximum atomic E-state index is 12.8. The number of carbonyl (C=O) groups is 3. The normalized spacial score (nSPS) is 12.2. The molecule has 1 atom stereocenters. The van der Waals surface area contributed by atoms with E-state index in [4.69, 9.17) is 14.2 Å². The van der Waals surface area contributed by atoms with E-state index < -0.39 is 6.10 Å². The first-order valence-electron chi connectivity index (χ1n) is 26.6. The lowest BCUT2D eigenvalue weighted by atomic mass is 10.0. The maximum absolute atomic E-state index is 12.8. The van der Waals surface area contributed by atoms with Crippen molar-refractivity contribution in [2.24, 2.45) is 17.8 Å². The first-order chi connectivity index (χ1) is 29.1. The molecule has 0 aliphatic heterocycles. The summed E-state index contributed by atoms with van der Waals surface area (Å²) in [7, 11) is 0. The smallest absolute Gasteiger partial charge is 0.306 e. The number of hydrogen-bond acceptors (Lipinski definition) is 6. The van der Waals surface area contributed by atoms with Crippen LogP contribution in [-0.4, -0.2) is 37.2 Å². The standard InChI is InChI=1S/C54H104O6/c1-48(2)40-34-28-22-16-12-9-7-8-10-14-19-27-33-39-45-54(57)60-51(47-59-53(56)44-38-32-26-21-20-24-30-36-42-50(5)6)46-58-52(55)43-37-31-25-18-15-11-13-17-23-29-35-41-49(3)4/h48-51H,7-47H2,1-6H3/t51-/m1/s1. The van der Waals surface area contributed by atoms with Gasteiger partial charge in [0.15, 0.2) is 6.10 Å². The monoisotopic (exact) mass is 849 g/mol. The minimum absolute atomic E-state index is 0.0647. The van der Waals surface area contributed by atoms with Gasteiger partial charge in [-0.05, 0) is 37.0 Å². The van der Waals surface area contributed by atoms with Gasteiger partial charge < -0.3 is 14.2 Å². The van der Waals surface area contributed by atoms with Crippen molar-refractivity contribution < 1.29 is 28.6 Å². The summed E-state index contributed by atoms with van der Waals surface area (Å²) in [6.45, 7) is 13.7. The molecular formula is C54H104O6. The van der Waals surface area contributed by atoms with Crippen molar-refractivity contribution in [1.29, 1.82) is 0 Å². The summed E-state index contributed by atoms with van der Waals surface area (Å²) >= 11 is 0. The quantitative estimate of drug-likeness (QED) is 0.0345. The van der Waals surface area contributed by atoms with Crippen LogP contribution in [0.5, 0.6) is 0 Å². The Bertz CT molecular complexity index is 929. The summed E-state index contributed by atoms with van der Waals surface area (Å²) in [5, 5.41) is 0. The zero-order valence-electron chi connectivity index (χ0n) is 41.3. The van der Waals surface area contributed by atoms with E-state index in [9.17, 15) is 14.4 Å². The highest BCUT2D eigenvalue weighted by Crippen LogP contribution is 2.18. The lowest BCUT2D eigenvalue weighted by Crippen LogP contribution is -2.30. The second-order valence-electron chi connectivity index (χ2n) is 19.9. The Morgan fingerprint density at radius 3 is 0.717 bits per heavy atom. The van der Waals surface area contributed by atoms with Gasteiger partial charge in [0, 0.05) is 19.3 Å². The molecule has 6 heteroatoms. The molecule has 0 bridgehead atoms. The van der Waals surface area contributed by atoms with Crippen LogP contribution in [0.2, 0.25) is 0 Å². The highest BCUT2D eigenvalue weighted by Gasteiger charge is 2.19. The van der Waals surface area contributed by atoms with Crippen LogP contribution in [0.3, 0.4) is 0 Å². The van der Waals surface area contributed by atoms with Crippen LogP contribution in [0.25, 0.3) is 0 Å². The highest BCUT2D eigenvalue weighted by molar-refractivity contribution is 5.71. The largest absolute Gasteiger partial charge is 0.462 e. The summed E-state index contributed by atoms with van der Waals surface area (Å²) in [4.78, 5) is 38.0. The lowest BCUT2D eigenvalue weighted by molar-refractivity contribution is -0.167. The molecule has 0 saturated carbocycles. The molecule has 0 saturated heterocycles. The number of ether oxygens (including phenoxy) is 3. The fourth-order valence-corrected chi connectivity index (χ4v) is 8.12. The van der Waals surface area contributed by atoms with Crippen molar-refractivity contribution in [3.05, 3.63) is 0 Å². The second-order valence-corrected chi connectivity index (χ2v) is 19.9. The van der Waals surface area contributed by atoms with Crippen molar-refractivity contribution in [2.45, 2.75) is 298 Å². The van der Waals surface area contributed by atoms with E-state index in [2.05, 4.69) is 41.5 Å². The second kappa shape index (κ2) is 45.4. The van der Waals surface area contributed by atoms with Gasteiger partial charge >= 0.3 is 17.9 Å². The van der Waals surface area contributed by atoms with E-state index in [1.165, 1.54) is 173 Å². The Hall–Kier alpha value is -1.59. The van der Waals surface area contributed by atoms with Crippen molar-refractivity contribution in [3.63, 3.8) is 0 Å². The molecule has 0 rings (SSSR count). The summed E-state index contributed by atoms with van der Waals surface area (Å²) in [6.07, 6.45) is 45.2. The van der Waals surface area contributed by atoms with Crippen molar-refractivity contribution in [2.75, 3.05) is 13.2 Å². The molecule has 0 spiro atoms. The number of esters is 3. The van der Waals surface area contributed by atoms with Gasteiger partial charge in [-0.3, -0.25) is 14.4 Å². The fourth-order valence-electron chi connectivity index (χ4n) is 8.12. The minimum Gasteiger partial charge on any atom is -0.462 e. The van der Waals surface area contributed by atoms with E-state index in [0.717, 1.165) is 75.5 Å². The number of carbonyl (C=O) groups excluding carboxylic acids is 3. The predicted octanol–water partition coefficient (Wildman–Crippen LogP) is 17.2. The molecule has 60 heavy (non-hydrogen) atoms. The third-order valence-electron chi connectivity index (χ3n) is 12.1. The average molecular weight is 849 g/mol. The van der Waals surface area contributed by atoms with E-state index in [-0.39, 0.29) is 31.1 Å². The van der Waals surface area contributed by atoms with Crippen LogP contribution in [0, 0.1) is 17.8 Å². The van der Waals surface area contributed by atoms with E-state index in [1.807, 2.05) is 0 Å². The molecule has 0 heterocycles. The van der Waals surface area contributed by atoms with E-state index in [0.29, 0.717) is 19.3 Å². The van der Waals surface area contributed by atoms with Gasteiger partial charge in [0.05, 0.1) is 0 Å². The summed E-state index contributed by atoms with van der Waals surface area (Å²) in [5.74, 6) is 1.61. The van der Waals surface area contributed by atoms with E-state index >= 15 is 0 Å². The van der Waals surface area contributed by atoms with Crippen molar-refractivity contribution >= 4 is 17.9 Å². The Balaban J connectivity index is 4.30. The summed E-state index contributed by atoms with van der Waals surface area (Å²) in [5.41, 5.74) is 0. The molecule has 0 fully saturated rings. The molecule has 0 aromatic carbocycles. The zero-order chi connectivity index (χ0) is 44.2. The Morgan fingerprint density at radius 2 is 0.483 bits per heavy atom. The SMILES string of the molecule is CC(C)CCCCCCCCCCCCCCCCC(=O)O[C@H](COC(=O)CCCCCCCCCCCCCC(C)C)COC(=O)CCCCCCCCCCC(C)C. The molecule has 0 unspecified atom stereocenters. The van der Waals surface area contributed by atoms with Gasteiger partial charge in [-0.15, -0.1) is 0 Å². The molecule has 0 aromatic rings. The minimum atomic E-state index is -0.763. The third-order valence-corrected chi connectivity index (χ3v) is 12.1. The molecule has 0 radical (unpaired) electrons. The van der Waals surface area contributed by atoms with Crippen LogP contribution >= 0.6 is 0 Å². The molecule has 0 aromatic heterocycles. The summed E-state index contributed by atoms with van der Waals surface area (Å²) in [6, 6.07) is 0.